The summed E-state index contributed by atoms with van der Waals surface area (Å²) in [6.07, 6.45) is 1.79. The van der Waals surface area contributed by atoms with Gasteiger partial charge in [-0.15, -0.1) is 0 Å². The molecule has 4 heteroatoms. The van der Waals surface area contributed by atoms with Gasteiger partial charge in [0.15, 0.2) is 0 Å². The predicted octanol–water partition coefficient (Wildman–Crippen LogP) is 3.48. The second kappa shape index (κ2) is 6.89. The van der Waals surface area contributed by atoms with Crippen molar-refractivity contribution in [3.05, 3.63) is 30.1 Å². The summed E-state index contributed by atoms with van der Waals surface area (Å²) in [6.45, 7) is 5.40. The van der Waals surface area contributed by atoms with Crippen molar-refractivity contribution in [3.63, 3.8) is 0 Å². The van der Waals surface area contributed by atoms with Crippen molar-refractivity contribution in [1.29, 1.82) is 0 Å². The normalized spacial score (nSPS) is 10.1. The molecule has 2 amide bonds. The molecule has 0 spiro atoms. The lowest BCUT2D eigenvalue weighted by Gasteiger charge is -2.21. The lowest BCUT2D eigenvalue weighted by molar-refractivity contribution is 0.211. The van der Waals surface area contributed by atoms with Crippen LogP contribution in [0.15, 0.2) is 24.3 Å². The number of hydrogen-bond donors (Lipinski definition) is 1. The summed E-state index contributed by atoms with van der Waals surface area (Å²) in [5.74, 6) is -0.409. The first-order chi connectivity index (χ1) is 8.19. The fourth-order valence-electron chi connectivity index (χ4n) is 1.61. The Bertz CT molecular complexity index is 362. The third kappa shape index (κ3) is 4.06. The first-order valence-corrected chi connectivity index (χ1v) is 5.99. The van der Waals surface area contributed by atoms with Gasteiger partial charge in [-0.1, -0.05) is 26.0 Å². The molecule has 0 aliphatic heterocycles. The van der Waals surface area contributed by atoms with Crippen molar-refractivity contribution in [2.24, 2.45) is 0 Å². The van der Waals surface area contributed by atoms with Crippen LogP contribution >= 0.6 is 0 Å². The molecule has 1 N–H and O–H groups in total. The average Bonchev–Trinajstić information content (AvgIpc) is 2.32. The summed E-state index contributed by atoms with van der Waals surface area (Å²) < 4.78 is 13.4. The fraction of sp³-hybridized carbons (Fsp3) is 0.462. The van der Waals surface area contributed by atoms with Gasteiger partial charge in [-0.3, -0.25) is 0 Å². The van der Waals surface area contributed by atoms with Gasteiger partial charge in [-0.05, 0) is 25.0 Å². The van der Waals surface area contributed by atoms with E-state index in [1.165, 1.54) is 6.07 Å². The van der Waals surface area contributed by atoms with Crippen LogP contribution in [0.3, 0.4) is 0 Å². The van der Waals surface area contributed by atoms with Gasteiger partial charge in [0.1, 0.15) is 5.82 Å². The van der Waals surface area contributed by atoms with E-state index in [0.29, 0.717) is 13.1 Å². The molecule has 3 nitrogen and oxygen atoms in total. The highest BCUT2D eigenvalue weighted by Gasteiger charge is 2.12. The molecule has 94 valence electrons. The number of hydrogen-bond acceptors (Lipinski definition) is 1. The number of para-hydroxylation sites is 1. The highest BCUT2D eigenvalue weighted by atomic mass is 19.1. The first kappa shape index (κ1) is 13.5. The van der Waals surface area contributed by atoms with Gasteiger partial charge >= 0.3 is 6.03 Å². The van der Waals surface area contributed by atoms with Crippen LogP contribution in [0.4, 0.5) is 14.9 Å². The maximum atomic E-state index is 13.4. The minimum Gasteiger partial charge on any atom is -0.325 e. The zero-order valence-corrected chi connectivity index (χ0v) is 10.4. The number of halogens is 1. The van der Waals surface area contributed by atoms with Crippen molar-refractivity contribution in [1.82, 2.24) is 4.90 Å². The molecule has 0 fully saturated rings. The van der Waals surface area contributed by atoms with Crippen molar-refractivity contribution >= 4 is 11.7 Å². The van der Waals surface area contributed by atoms with E-state index in [1.54, 1.807) is 23.1 Å². The number of rotatable bonds is 5. The number of benzene rings is 1. The van der Waals surface area contributed by atoms with Crippen molar-refractivity contribution in [3.8, 4) is 0 Å². The van der Waals surface area contributed by atoms with Crippen LogP contribution in [0.25, 0.3) is 0 Å². The minimum absolute atomic E-state index is 0.231. The van der Waals surface area contributed by atoms with Crippen molar-refractivity contribution in [2.45, 2.75) is 26.7 Å². The number of urea groups is 1. The number of nitrogens with one attached hydrogen (secondary N) is 1. The average molecular weight is 238 g/mol. The Morgan fingerprint density at radius 3 is 2.35 bits per heavy atom. The zero-order chi connectivity index (χ0) is 12.7. The summed E-state index contributed by atoms with van der Waals surface area (Å²) in [4.78, 5) is 13.6. The molecule has 0 heterocycles. The minimum atomic E-state index is -0.409. The van der Waals surface area contributed by atoms with E-state index in [-0.39, 0.29) is 11.7 Å². The molecule has 0 bridgehead atoms. The van der Waals surface area contributed by atoms with Crippen LogP contribution < -0.4 is 5.32 Å². The largest absolute Gasteiger partial charge is 0.325 e. The van der Waals surface area contributed by atoms with E-state index in [0.717, 1.165) is 12.8 Å². The summed E-state index contributed by atoms with van der Waals surface area (Å²) in [5.41, 5.74) is 0.231. The highest BCUT2D eigenvalue weighted by Crippen LogP contribution is 2.13. The van der Waals surface area contributed by atoms with Crippen molar-refractivity contribution in [2.75, 3.05) is 18.4 Å². The molecule has 0 saturated carbocycles. The van der Waals surface area contributed by atoms with Gasteiger partial charge in [0, 0.05) is 13.1 Å². The Morgan fingerprint density at radius 1 is 1.24 bits per heavy atom. The van der Waals surface area contributed by atoms with Gasteiger partial charge in [-0.25, -0.2) is 9.18 Å². The monoisotopic (exact) mass is 238 g/mol. The van der Waals surface area contributed by atoms with Crippen LogP contribution in [-0.4, -0.2) is 24.0 Å². The third-order valence-electron chi connectivity index (χ3n) is 2.39. The van der Waals surface area contributed by atoms with E-state index < -0.39 is 5.82 Å². The molecule has 1 aromatic carbocycles. The topological polar surface area (TPSA) is 32.3 Å². The Balaban J connectivity index is 2.66. The van der Waals surface area contributed by atoms with Crippen LogP contribution in [0.5, 0.6) is 0 Å². The van der Waals surface area contributed by atoms with Crippen LogP contribution in [0.1, 0.15) is 26.7 Å². The Labute approximate surface area is 102 Å². The van der Waals surface area contributed by atoms with Gasteiger partial charge < -0.3 is 10.2 Å². The van der Waals surface area contributed by atoms with Crippen LogP contribution in [0.2, 0.25) is 0 Å². The van der Waals surface area contributed by atoms with Gasteiger partial charge in [-0.2, -0.15) is 0 Å². The maximum Gasteiger partial charge on any atom is 0.321 e. The molecule has 0 saturated heterocycles. The van der Waals surface area contributed by atoms with Gasteiger partial charge in [0.05, 0.1) is 5.69 Å². The number of carbonyl (C=O) groups excluding carboxylic acids is 1. The Hall–Kier alpha value is -1.58. The van der Waals surface area contributed by atoms with E-state index in [2.05, 4.69) is 5.32 Å². The number of nitrogens with zero attached hydrogens (tertiary/aromatic N) is 1. The van der Waals surface area contributed by atoms with Gasteiger partial charge in [0.25, 0.3) is 0 Å². The SMILES string of the molecule is CCCN(CCC)C(=O)Nc1ccccc1F. The van der Waals surface area contributed by atoms with Crippen LogP contribution in [0, 0.1) is 5.82 Å². The molecular formula is C13H19FN2O. The quantitative estimate of drug-likeness (QED) is 0.836. The molecule has 0 aliphatic carbocycles. The molecule has 0 aliphatic rings. The molecular weight excluding hydrogens is 219 g/mol. The highest BCUT2D eigenvalue weighted by molar-refractivity contribution is 5.89. The van der Waals surface area contributed by atoms with E-state index in [1.807, 2.05) is 13.8 Å². The van der Waals surface area contributed by atoms with E-state index >= 15 is 0 Å². The standard InChI is InChI=1S/C13H19FN2O/c1-3-9-16(10-4-2)13(17)15-12-8-6-5-7-11(12)14/h5-8H,3-4,9-10H2,1-2H3,(H,15,17). The van der Waals surface area contributed by atoms with E-state index in [9.17, 15) is 9.18 Å². The van der Waals surface area contributed by atoms with Crippen LogP contribution in [-0.2, 0) is 0 Å². The predicted molar refractivity (Wildman–Crippen MR) is 67.6 cm³/mol. The van der Waals surface area contributed by atoms with Gasteiger partial charge in [0.2, 0.25) is 0 Å². The molecule has 0 atom stereocenters. The van der Waals surface area contributed by atoms with E-state index in [4.69, 9.17) is 0 Å². The second-order valence-corrected chi connectivity index (χ2v) is 3.90. The summed E-state index contributed by atoms with van der Waals surface area (Å²) in [7, 11) is 0. The molecule has 0 radical (unpaired) electrons. The summed E-state index contributed by atoms with van der Waals surface area (Å²) in [6, 6.07) is 5.95. The molecule has 1 aromatic rings. The third-order valence-corrected chi connectivity index (χ3v) is 2.39. The molecule has 17 heavy (non-hydrogen) atoms. The number of amides is 2. The Kier molecular flexibility index (Phi) is 5.46. The molecule has 0 unspecified atom stereocenters. The van der Waals surface area contributed by atoms with Crippen molar-refractivity contribution < 1.29 is 9.18 Å². The zero-order valence-electron chi connectivity index (χ0n) is 10.4. The lowest BCUT2D eigenvalue weighted by atomic mass is 10.3. The number of anilines is 1. The fourth-order valence-corrected chi connectivity index (χ4v) is 1.61. The summed E-state index contributed by atoms with van der Waals surface area (Å²) >= 11 is 0. The maximum absolute atomic E-state index is 13.4. The molecule has 0 aromatic heterocycles. The number of carbonyl (C=O) groups is 1. The second-order valence-electron chi connectivity index (χ2n) is 3.90. The first-order valence-electron chi connectivity index (χ1n) is 5.99. The smallest absolute Gasteiger partial charge is 0.321 e. The summed E-state index contributed by atoms with van der Waals surface area (Å²) in [5, 5.41) is 2.59. The Morgan fingerprint density at radius 2 is 1.82 bits per heavy atom. The lowest BCUT2D eigenvalue weighted by Crippen LogP contribution is -2.36. The molecule has 1 rings (SSSR count).